The summed E-state index contributed by atoms with van der Waals surface area (Å²) in [6, 6.07) is 52.2. The van der Waals surface area contributed by atoms with Crippen molar-refractivity contribution in [1.82, 2.24) is 4.57 Å². The Morgan fingerprint density at radius 2 is 1.00 bits per heavy atom. The molecule has 2 heteroatoms. The number of aliphatic imine (C=N–C) groups is 1. The molecular formula is C44H34N2. The molecule has 2 nitrogen and oxygen atoms in total. The maximum absolute atomic E-state index is 5.45. The standard InChI is InChI=1S/C44H34N2/c1-3-15-41(32-26-27-37-35-20-8-7-18-33(35)34-19-9-10-21-36(34)40(37)29-32)45-42(31-16-5-4-6-17-31)28-30(2)46-43-24-13-11-22-38(43)39-23-12-14-25-44(39)46/h4-29H,3H2,1-2H3/b30-28+,41-15+,45-42+. The molecule has 0 unspecified atom stereocenters. The van der Waals surface area contributed by atoms with Crippen molar-refractivity contribution in [2.24, 2.45) is 4.99 Å². The van der Waals surface area contributed by atoms with E-state index >= 15 is 0 Å². The third kappa shape index (κ3) is 4.71. The van der Waals surface area contributed by atoms with Gasteiger partial charge in [-0.25, -0.2) is 4.99 Å². The van der Waals surface area contributed by atoms with E-state index in [0.29, 0.717) is 0 Å². The molecule has 0 aliphatic carbocycles. The van der Waals surface area contributed by atoms with Crippen molar-refractivity contribution in [3.63, 3.8) is 0 Å². The van der Waals surface area contributed by atoms with E-state index in [0.717, 1.165) is 34.7 Å². The highest BCUT2D eigenvalue weighted by Crippen LogP contribution is 2.37. The van der Waals surface area contributed by atoms with Gasteiger partial charge in [-0.3, -0.25) is 0 Å². The predicted molar refractivity (Wildman–Crippen MR) is 200 cm³/mol. The fraction of sp³-hybridized carbons (Fsp3) is 0.0682. The first-order chi connectivity index (χ1) is 22.7. The minimum atomic E-state index is 0.882. The average molecular weight is 591 g/mol. The molecule has 0 fully saturated rings. The van der Waals surface area contributed by atoms with Crippen molar-refractivity contribution in [1.29, 1.82) is 0 Å². The quantitative estimate of drug-likeness (QED) is 0.135. The van der Waals surface area contributed by atoms with E-state index in [-0.39, 0.29) is 0 Å². The van der Waals surface area contributed by atoms with Gasteiger partial charge in [0.25, 0.3) is 0 Å². The molecular weight excluding hydrogens is 556 g/mol. The van der Waals surface area contributed by atoms with Crippen LogP contribution in [0, 0.1) is 0 Å². The van der Waals surface area contributed by atoms with E-state index in [2.05, 4.69) is 176 Å². The lowest BCUT2D eigenvalue weighted by molar-refractivity contribution is 1.20. The Kier molecular flexibility index (Phi) is 7.04. The second-order valence-corrected chi connectivity index (χ2v) is 11.9. The number of hydrogen-bond donors (Lipinski definition) is 0. The lowest BCUT2D eigenvalue weighted by atomic mass is 9.93. The molecule has 0 spiro atoms. The average Bonchev–Trinajstić information content (AvgIpc) is 3.46. The third-order valence-corrected chi connectivity index (χ3v) is 9.03. The summed E-state index contributed by atoms with van der Waals surface area (Å²) in [5, 5.41) is 10.1. The first-order valence-electron chi connectivity index (χ1n) is 16.1. The molecule has 8 aromatic rings. The van der Waals surface area contributed by atoms with Crippen molar-refractivity contribution in [3.05, 3.63) is 169 Å². The van der Waals surface area contributed by atoms with Crippen molar-refractivity contribution >= 4 is 71.2 Å². The molecule has 7 aromatic carbocycles. The van der Waals surface area contributed by atoms with Crippen LogP contribution in [0.2, 0.25) is 0 Å². The van der Waals surface area contributed by atoms with Crippen LogP contribution in [-0.2, 0) is 0 Å². The minimum absolute atomic E-state index is 0.882. The summed E-state index contributed by atoms with van der Waals surface area (Å²) < 4.78 is 2.36. The lowest BCUT2D eigenvalue weighted by Gasteiger charge is -2.13. The van der Waals surface area contributed by atoms with Crippen LogP contribution in [0.25, 0.3) is 65.5 Å². The van der Waals surface area contributed by atoms with Gasteiger partial charge in [0.05, 0.1) is 22.4 Å². The Morgan fingerprint density at radius 1 is 0.522 bits per heavy atom. The van der Waals surface area contributed by atoms with Crippen LogP contribution < -0.4 is 0 Å². The maximum atomic E-state index is 5.45. The predicted octanol–water partition coefficient (Wildman–Crippen LogP) is 12.1. The number of rotatable bonds is 6. The van der Waals surface area contributed by atoms with Gasteiger partial charge in [-0.15, -0.1) is 0 Å². The molecule has 8 rings (SSSR count). The van der Waals surface area contributed by atoms with Crippen molar-refractivity contribution in [2.45, 2.75) is 20.3 Å². The summed E-state index contributed by atoms with van der Waals surface area (Å²) in [5.41, 5.74) is 7.63. The second kappa shape index (κ2) is 11.6. The van der Waals surface area contributed by atoms with Crippen LogP contribution in [0.4, 0.5) is 0 Å². The molecule has 0 aliphatic heterocycles. The SMILES string of the molecule is CC/C=C(/N=C(\C=C(/C)n1c2ccccc2c2ccccc21)c1ccccc1)c1ccc2c3ccccc3c3ccccc3c2c1. The molecule has 1 aromatic heterocycles. The molecule has 1 heterocycles. The monoisotopic (exact) mass is 590 g/mol. The Labute approximate surface area is 269 Å². The van der Waals surface area contributed by atoms with Gasteiger partial charge in [-0.05, 0) is 69.9 Å². The normalized spacial score (nSPS) is 13.0. The van der Waals surface area contributed by atoms with Gasteiger partial charge >= 0.3 is 0 Å². The van der Waals surface area contributed by atoms with Crippen LogP contribution in [0.15, 0.2) is 163 Å². The van der Waals surface area contributed by atoms with Crippen molar-refractivity contribution < 1.29 is 0 Å². The van der Waals surface area contributed by atoms with E-state index < -0.39 is 0 Å². The summed E-state index contributed by atoms with van der Waals surface area (Å²) in [4.78, 5) is 5.45. The maximum Gasteiger partial charge on any atom is 0.0726 e. The second-order valence-electron chi connectivity index (χ2n) is 11.9. The topological polar surface area (TPSA) is 17.3 Å². The smallest absolute Gasteiger partial charge is 0.0726 e. The van der Waals surface area contributed by atoms with Gasteiger partial charge < -0.3 is 4.57 Å². The number of benzene rings is 7. The highest BCUT2D eigenvalue weighted by molar-refractivity contribution is 6.25. The molecule has 0 bridgehead atoms. The molecule has 0 N–H and O–H groups in total. The van der Waals surface area contributed by atoms with Gasteiger partial charge in [-0.2, -0.15) is 0 Å². The van der Waals surface area contributed by atoms with Crippen LogP contribution in [0.3, 0.4) is 0 Å². The highest BCUT2D eigenvalue weighted by Gasteiger charge is 2.14. The zero-order chi connectivity index (χ0) is 31.0. The van der Waals surface area contributed by atoms with Gasteiger partial charge in [-0.1, -0.05) is 140 Å². The number of nitrogens with zero attached hydrogens (tertiary/aromatic N) is 2. The van der Waals surface area contributed by atoms with Crippen LogP contribution >= 0.6 is 0 Å². The minimum Gasteiger partial charge on any atom is -0.313 e. The lowest BCUT2D eigenvalue weighted by Crippen LogP contribution is -2.02. The number of allylic oxidation sites excluding steroid dienone is 3. The summed E-state index contributed by atoms with van der Waals surface area (Å²) in [6.07, 6.45) is 5.37. The van der Waals surface area contributed by atoms with E-state index in [1.165, 1.54) is 54.1 Å². The van der Waals surface area contributed by atoms with Gasteiger partial charge in [0, 0.05) is 27.6 Å². The number of aromatic nitrogens is 1. The summed E-state index contributed by atoms with van der Waals surface area (Å²) in [5.74, 6) is 0. The summed E-state index contributed by atoms with van der Waals surface area (Å²) >= 11 is 0. The Morgan fingerprint density at radius 3 is 1.57 bits per heavy atom. The molecule has 46 heavy (non-hydrogen) atoms. The van der Waals surface area contributed by atoms with Gasteiger partial charge in [0.1, 0.15) is 0 Å². The van der Waals surface area contributed by atoms with Crippen LogP contribution in [-0.4, -0.2) is 10.3 Å². The zero-order valence-electron chi connectivity index (χ0n) is 26.1. The van der Waals surface area contributed by atoms with E-state index in [4.69, 9.17) is 4.99 Å². The van der Waals surface area contributed by atoms with Crippen LogP contribution in [0.5, 0.6) is 0 Å². The molecule has 0 saturated heterocycles. The van der Waals surface area contributed by atoms with Crippen LogP contribution in [0.1, 0.15) is 31.4 Å². The third-order valence-electron chi connectivity index (χ3n) is 9.03. The fourth-order valence-corrected chi connectivity index (χ4v) is 6.97. The molecule has 0 saturated carbocycles. The molecule has 0 amide bonds. The van der Waals surface area contributed by atoms with E-state index in [1.807, 2.05) is 0 Å². The Hall–Kier alpha value is -5.73. The number of hydrogen-bond acceptors (Lipinski definition) is 1. The zero-order valence-corrected chi connectivity index (χ0v) is 26.1. The van der Waals surface area contributed by atoms with E-state index in [1.54, 1.807) is 0 Å². The van der Waals surface area contributed by atoms with E-state index in [9.17, 15) is 0 Å². The summed E-state index contributed by atoms with van der Waals surface area (Å²) in [6.45, 7) is 4.37. The molecule has 220 valence electrons. The molecule has 0 radical (unpaired) electrons. The fourth-order valence-electron chi connectivity index (χ4n) is 6.97. The molecule has 0 atom stereocenters. The largest absolute Gasteiger partial charge is 0.313 e. The highest BCUT2D eigenvalue weighted by atomic mass is 15.0. The van der Waals surface area contributed by atoms with Gasteiger partial charge in [0.2, 0.25) is 0 Å². The van der Waals surface area contributed by atoms with Crippen molar-refractivity contribution in [2.75, 3.05) is 0 Å². The summed E-state index contributed by atoms with van der Waals surface area (Å²) in [7, 11) is 0. The van der Waals surface area contributed by atoms with Gasteiger partial charge in [0.15, 0.2) is 0 Å². The Bertz CT molecular complexity index is 2420. The number of fused-ring (bicyclic) bond motifs is 9. The number of para-hydroxylation sites is 2. The first-order valence-corrected chi connectivity index (χ1v) is 16.1. The van der Waals surface area contributed by atoms with Crippen molar-refractivity contribution in [3.8, 4) is 0 Å². The Balaban J connectivity index is 1.34. The first kappa shape index (κ1) is 27.8. The molecule has 0 aliphatic rings.